The molecule has 1 nitrogen and oxygen atoms in total. The highest BCUT2D eigenvalue weighted by atomic mass is 79.9. The van der Waals surface area contributed by atoms with Crippen molar-refractivity contribution in [1.82, 2.24) is 0 Å². The zero-order chi connectivity index (χ0) is 13.0. The third-order valence-corrected chi connectivity index (χ3v) is 3.71. The van der Waals surface area contributed by atoms with Crippen LogP contribution in [0.25, 0.3) is 0 Å². The second-order valence-corrected chi connectivity index (χ2v) is 5.29. The molecule has 17 heavy (non-hydrogen) atoms. The largest absolute Gasteiger partial charge is 0.324 e. The van der Waals surface area contributed by atoms with Crippen LogP contribution in [0.15, 0.2) is 16.6 Å². The van der Waals surface area contributed by atoms with E-state index in [4.69, 9.17) is 5.73 Å². The highest BCUT2D eigenvalue weighted by Crippen LogP contribution is 2.30. The minimum atomic E-state index is -0.860. The number of benzene rings is 1. The fraction of sp³-hybridized carbons (Fsp3) is 0.538. The molecule has 4 heteroatoms. The van der Waals surface area contributed by atoms with Crippen LogP contribution in [0.4, 0.5) is 8.78 Å². The monoisotopic (exact) mass is 305 g/mol. The Morgan fingerprint density at radius 2 is 2.00 bits per heavy atom. The fourth-order valence-corrected chi connectivity index (χ4v) is 2.61. The Hall–Kier alpha value is -0.480. The van der Waals surface area contributed by atoms with Gasteiger partial charge in [-0.3, -0.25) is 0 Å². The van der Waals surface area contributed by atoms with E-state index in [2.05, 4.69) is 29.8 Å². The normalized spacial score (nSPS) is 14.7. The topological polar surface area (TPSA) is 26.0 Å². The van der Waals surface area contributed by atoms with Crippen LogP contribution in [-0.4, -0.2) is 0 Å². The van der Waals surface area contributed by atoms with E-state index >= 15 is 0 Å². The predicted molar refractivity (Wildman–Crippen MR) is 69.7 cm³/mol. The van der Waals surface area contributed by atoms with Crippen LogP contribution >= 0.6 is 15.9 Å². The van der Waals surface area contributed by atoms with Crippen molar-refractivity contribution in [1.29, 1.82) is 0 Å². The van der Waals surface area contributed by atoms with E-state index in [1.807, 2.05) is 0 Å². The predicted octanol–water partition coefficient (Wildman–Crippen LogP) is 4.55. The molecule has 0 amide bonds. The molecule has 0 aliphatic rings. The second kappa shape index (κ2) is 6.45. The van der Waals surface area contributed by atoms with Gasteiger partial charge < -0.3 is 5.73 Å². The molecular weight excluding hydrogens is 288 g/mol. The maximum Gasteiger partial charge on any atom is 0.173 e. The maximum absolute atomic E-state index is 13.4. The molecule has 0 bridgehead atoms. The van der Waals surface area contributed by atoms with Crippen LogP contribution in [0.1, 0.15) is 44.7 Å². The SMILES string of the molecule is CCCC(C)CC(N)c1ccc(F)c(F)c1Br. The number of hydrogen-bond donors (Lipinski definition) is 1. The highest BCUT2D eigenvalue weighted by Gasteiger charge is 2.17. The lowest BCUT2D eigenvalue weighted by atomic mass is 9.93. The summed E-state index contributed by atoms with van der Waals surface area (Å²) in [6.45, 7) is 4.24. The summed E-state index contributed by atoms with van der Waals surface area (Å²) in [5.74, 6) is -1.23. The van der Waals surface area contributed by atoms with Crippen molar-refractivity contribution in [3.63, 3.8) is 0 Å². The van der Waals surface area contributed by atoms with Crippen molar-refractivity contribution in [3.05, 3.63) is 33.8 Å². The van der Waals surface area contributed by atoms with E-state index in [1.54, 1.807) is 6.07 Å². The van der Waals surface area contributed by atoms with Crippen LogP contribution in [0, 0.1) is 17.6 Å². The van der Waals surface area contributed by atoms with Gasteiger partial charge in [-0.05, 0) is 39.9 Å². The molecule has 0 aromatic heterocycles. The second-order valence-electron chi connectivity index (χ2n) is 4.50. The van der Waals surface area contributed by atoms with Gasteiger partial charge in [0.05, 0.1) is 4.47 Å². The fourth-order valence-electron chi connectivity index (χ4n) is 2.00. The molecule has 0 saturated carbocycles. The number of halogens is 3. The summed E-state index contributed by atoms with van der Waals surface area (Å²) in [5.41, 5.74) is 6.66. The van der Waals surface area contributed by atoms with E-state index in [-0.39, 0.29) is 10.5 Å². The molecule has 0 saturated heterocycles. The van der Waals surface area contributed by atoms with Gasteiger partial charge in [-0.1, -0.05) is 32.8 Å². The smallest absolute Gasteiger partial charge is 0.173 e. The molecule has 1 rings (SSSR count). The van der Waals surface area contributed by atoms with Crippen molar-refractivity contribution >= 4 is 15.9 Å². The molecule has 0 fully saturated rings. The van der Waals surface area contributed by atoms with E-state index in [0.29, 0.717) is 11.5 Å². The van der Waals surface area contributed by atoms with Gasteiger partial charge in [0.2, 0.25) is 0 Å². The third kappa shape index (κ3) is 3.75. The van der Waals surface area contributed by atoms with Crippen molar-refractivity contribution in [3.8, 4) is 0 Å². The molecule has 2 atom stereocenters. The van der Waals surface area contributed by atoms with E-state index in [9.17, 15) is 8.78 Å². The Balaban J connectivity index is 2.82. The first-order valence-corrected chi connectivity index (χ1v) is 6.65. The summed E-state index contributed by atoms with van der Waals surface area (Å²) in [7, 11) is 0. The molecule has 1 aromatic carbocycles. The van der Waals surface area contributed by atoms with Crippen molar-refractivity contribution < 1.29 is 8.78 Å². The molecular formula is C13H18BrF2N. The number of hydrogen-bond acceptors (Lipinski definition) is 1. The minimum Gasteiger partial charge on any atom is -0.324 e. The lowest BCUT2D eigenvalue weighted by molar-refractivity contribution is 0.436. The van der Waals surface area contributed by atoms with Crippen molar-refractivity contribution in [2.24, 2.45) is 11.7 Å². The van der Waals surface area contributed by atoms with Gasteiger partial charge in [0.15, 0.2) is 11.6 Å². The van der Waals surface area contributed by atoms with Crippen molar-refractivity contribution in [2.45, 2.75) is 39.2 Å². The standard InChI is InChI=1S/C13H18BrF2N/c1-3-4-8(2)7-11(17)9-5-6-10(15)13(16)12(9)14/h5-6,8,11H,3-4,7,17H2,1-2H3. The number of nitrogens with two attached hydrogens (primary N) is 1. The minimum absolute atomic E-state index is 0.147. The molecule has 0 aliphatic heterocycles. The molecule has 2 N–H and O–H groups in total. The average Bonchev–Trinajstić information content (AvgIpc) is 2.26. The molecule has 0 heterocycles. The summed E-state index contributed by atoms with van der Waals surface area (Å²) in [5, 5.41) is 0. The summed E-state index contributed by atoms with van der Waals surface area (Å²) in [4.78, 5) is 0. The Bertz CT molecular complexity index is 382. The first-order chi connectivity index (χ1) is 7.97. The molecule has 1 aromatic rings. The quantitative estimate of drug-likeness (QED) is 0.793. The van der Waals surface area contributed by atoms with Crippen LogP contribution in [0.5, 0.6) is 0 Å². The van der Waals surface area contributed by atoms with Crippen LogP contribution < -0.4 is 5.73 Å². The summed E-state index contributed by atoms with van der Waals surface area (Å²) in [6.07, 6.45) is 2.97. The van der Waals surface area contributed by atoms with Crippen LogP contribution in [0.3, 0.4) is 0 Å². The average molecular weight is 306 g/mol. The van der Waals surface area contributed by atoms with Crippen molar-refractivity contribution in [2.75, 3.05) is 0 Å². The Morgan fingerprint density at radius 3 is 2.59 bits per heavy atom. The molecule has 0 radical (unpaired) electrons. The summed E-state index contributed by atoms with van der Waals surface area (Å²) >= 11 is 3.07. The highest BCUT2D eigenvalue weighted by molar-refractivity contribution is 9.10. The Labute approximate surface area is 110 Å². The van der Waals surface area contributed by atoms with Gasteiger partial charge in [0.25, 0.3) is 0 Å². The molecule has 2 unspecified atom stereocenters. The van der Waals surface area contributed by atoms with Gasteiger partial charge in [0, 0.05) is 6.04 Å². The van der Waals surface area contributed by atoms with Gasteiger partial charge >= 0.3 is 0 Å². The lowest BCUT2D eigenvalue weighted by Gasteiger charge is -2.18. The maximum atomic E-state index is 13.4. The van der Waals surface area contributed by atoms with E-state index < -0.39 is 11.6 Å². The molecule has 0 spiro atoms. The van der Waals surface area contributed by atoms with Gasteiger partial charge in [-0.25, -0.2) is 8.78 Å². The zero-order valence-corrected chi connectivity index (χ0v) is 11.7. The summed E-state index contributed by atoms with van der Waals surface area (Å²) < 4.78 is 26.5. The molecule has 0 aliphatic carbocycles. The van der Waals surface area contributed by atoms with Gasteiger partial charge in [0.1, 0.15) is 0 Å². The van der Waals surface area contributed by atoms with Crippen LogP contribution in [-0.2, 0) is 0 Å². The molecule has 96 valence electrons. The first-order valence-electron chi connectivity index (χ1n) is 5.86. The van der Waals surface area contributed by atoms with Gasteiger partial charge in [-0.15, -0.1) is 0 Å². The Morgan fingerprint density at radius 1 is 1.35 bits per heavy atom. The first kappa shape index (κ1) is 14.6. The van der Waals surface area contributed by atoms with E-state index in [1.165, 1.54) is 0 Å². The summed E-state index contributed by atoms with van der Waals surface area (Å²) in [6, 6.07) is 2.41. The third-order valence-electron chi connectivity index (χ3n) is 2.90. The zero-order valence-electron chi connectivity index (χ0n) is 10.1. The number of rotatable bonds is 5. The van der Waals surface area contributed by atoms with Crippen LogP contribution in [0.2, 0.25) is 0 Å². The van der Waals surface area contributed by atoms with Gasteiger partial charge in [-0.2, -0.15) is 0 Å². The lowest BCUT2D eigenvalue weighted by Crippen LogP contribution is -2.15. The van der Waals surface area contributed by atoms with E-state index in [0.717, 1.165) is 25.3 Å². The Kier molecular flexibility index (Phi) is 5.53.